The topological polar surface area (TPSA) is 237 Å². The van der Waals surface area contributed by atoms with E-state index in [0.717, 1.165) is 120 Å². The molecule has 0 aromatic rings. The first kappa shape index (κ1) is 105. The van der Waals surface area contributed by atoms with Crippen LogP contribution in [-0.2, 0) is 65.4 Å². The van der Waals surface area contributed by atoms with Gasteiger partial charge in [-0.1, -0.05) is 409 Å². The maximum absolute atomic E-state index is 13.2. The summed E-state index contributed by atoms with van der Waals surface area (Å²) in [5.74, 6) is 1.10. The van der Waals surface area contributed by atoms with Crippen molar-refractivity contribution < 1.29 is 80.2 Å². The van der Waals surface area contributed by atoms with E-state index in [4.69, 9.17) is 37.0 Å². The third kappa shape index (κ3) is 79.1. The van der Waals surface area contributed by atoms with Crippen LogP contribution in [0.25, 0.3) is 0 Å². The first-order valence-corrected chi connectivity index (χ1v) is 48.3. The van der Waals surface area contributed by atoms with E-state index >= 15 is 0 Å². The van der Waals surface area contributed by atoms with Crippen LogP contribution in [0.15, 0.2) is 0 Å². The summed E-state index contributed by atoms with van der Waals surface area (Å²) < 4.78 is 68.9. The lowest BCUT2D eigenvalue weighted by molar-refractivity contribution is -0.161. The molecule has 0 aliphatic rings. The standard InChI is InChI=1S/C88H172O17P2/c1-9-80(7)66-58-50-42-36-30-24-17-13-11-12-14-18-25-31-37-43-52-60-68-85(90)98-74-83(104-87(92)70-62-54-44-38-32-26-19-15-16-22-28-34-40-48-56-64-78(3)4)76-102-106(94,95)100-72-82(89)73-101-107(96,97)103-77-84(75-99-86(91)69-61-53-47-46-51-59-67-81(8)10-2)105-88(93)71-63-55-45-39-33-27-21-20-23-29-35-41-49-57-65-79(5)6/h78-84,89H,9-77H2,1-8H3,(H,94,95)(H,96,97)/t80?,81?,82-,83-,84-/m1/s1. The molecule has 0 saturated heterocycles. The van der Waals surface area contributed by atoms with E-state index in [1.165, 1.54) is 257 Å². The maximum Gasteiger partial charge on any atom is 0.472 e. The van der Waals surface area contributed by atoms with Gasteiger partial charge in [-0.05, 0) is 49.4 Å². The monoisotopic (exact) mass is 1560 g/mol. The Labute approximate surface area is 658 Å². The smallest absolute Gasteiger partial charge is 0.462 e. The zero-order chi connectivity index (χ0) is 78.8. The predicted molar refractivity (Wildman–Crippen MR) is 441 cm³/mol. The zero-order valence-electron chi connectivity index (χ0n) is 70.8. The fourth-order valence-corrected chi connectivity index (χ4v) is 15.2. The number of esters is 4. The molecule has 3 N–H and O–H groups in total. The maximum atomic E-state index is 13.2. The van der Waals surface area contributed by atoms with Crippen molar-refractivity contribution in [1.82, 2.24) is 0 Å². The molecule has 0 fully saturated rings. The van der Waals surface area contributed by atoms with E-state index < -0.39 is 97.5 Å². The molecule has 0 spiro atoms. The number of rotatable bonds is 85. The van der Waals surface area contributed by atoms with Gasteiger partial charge in [0.25, 0.3) is 0 Å². The van der Waals surface area contributed by atoms with Crippen molar-refractivity contribution in [3.8, 4) is 0 Å². The summed E-state index contributed by atoms with van der Waals surface area (Å²) in [6.45, 7) is 14.4. The van der Waals surface area contributed by atoms with Crippen LogP contribution < -0.4 is 0 Å². The predicted octanol–water partition coefficient (Wildman–Crippen LogP) is 26.7. The molecule has 0 aliphatic heterocycles. The molecule has 4 unspecified atom stereocenters. The second-order valence-corrected chi connectivity index (χ2v) is 36.0. The molecule has 0 radical (unpaired) electrons. The van der Waals surface area contributed by atoms with Crippen LogP contribution in [0.1, 0.15) is 460 Å². The summed E-state index contributed by atoms with van der Waals surface area (Å²) in [6, 6.07) is 0. The molecule has 0 aromatic carbocycles. The van der Waals surface area contributed by atoms with Gasteiger partial charge in [0.1, 0.15) is 19.3 Å². The summed E-state index contributed by atoms with van der Waals surface area (Å²) >= 11 is 0. The van der Waals surface area contributed by atoms with E-state index in [9.17, 15) is 43.2 Å². The highest BCUT2D eigenvalue weighted by atomic mass is 31.2. The van der Waals surface area contributed by atoms with Gasteiger partial charge in [0, 0.05) is 25.7 Å². The summed E-state index contributed by atoms with van der Waals surface area (Å²) in [5.41, 5.74) is 0. The minimum absolute atomic E-state index is 0.106. The quantitative estimate of drug-likeness (QED) is 0.0222. The second kappa shape index (κ2) is 76.7. The van der Waals surface area contributed by atoms with Crippen LogP contribution >= 0.6 is 15.6 Å². The Morgan fingerprint density at radius 1 is 0.262 bits per heavy atom. The average Bonchev–Trinajstić information content (AvgIpc) is 0.901. The Balaban J connectivity index is 5.22. The van der Waals surface area contributed by atoms with Crippen molar-refractivity contribution in [3.63, 3.8) is 0 Å². The molecule has 0 saturated carbocycles. The number of carbonyl (C=O) groups is 4. The zero-order valence-corrected chi connectivity index (χ0v) is 72.6. The van der Waals surface area contributed by atoms with Gasteiger partial charge in [0.05, 0.1) is 26.4 Å². The van der Waals surface area contributed by atoms with Crippen molar-refractivity contribution in [3.05, 3.63) is 0 Å². The van der Waals surface area contributed by atoms with E-state index in [0.29, 0.717) is 25.7 Å². The summed E-state index contributed by atoms with van der Waals surface area (Å²) in [5, 5.41) is 10.7. The summed E-state index contributed by atoms with van der Waals surface area (Å²) in [7, 11) is -9.93. The number of aliphatic hydroxyl groups is 1. The number of phosphoric ester groups is 2. The first-order valence-electron chi connectivity index (χ1n) is 45.3. The Hall–Kier alpha value is -1.94. The van der Waals surface area contributed by atoms with E-state index in [2.05, 4.69) is 55.4 Å². The normalized spacial score (nSPS) is 14.4. The number of carbonyl (C=O) groups excluding carboxylic acids is 4. The van der Waals surface area contributed by atoms with Gasteiger partial charge in [-0.15, -0.1) is 0 Å². The van der Waals surface area contributed by atoms with Gasteiger partial charge in [-0.2, -0.15) is 0 Å². The lowest BCUT2D eigenvalue weighted by Gasteiger charge is -2.21. The number of aliphatic hydroxyl groups excluding tert-OH is 1. The number of hydrogen-bond donors (Lipinski definition) is 3. The molecular formula is C88H172O17P2. The lowest BCUT2D eigenvalue weighted by atomic mass is 9.99. The fourth-order valence-electron chi connectivity index (χ4n) is 13.6. The number of unbranched alkanes of at least 4 members (excludes halogenated alkanes) is 49. The SMILES string of the molecule is CCC(C)CCCCCCCCCCCCCCCCCCCCC(=O)OC[C@H](COP(=O)(O)OC[C@@H](O)COP(=O)(O)OC[C@@H](COC(=O)CCCCCCCCC(C)CC)OC(=O)CCCCCCCCCCCCCCCCC(C)C)OC(=O)CCCCCCCCCCCCCCCCCC(C)C. The highest BCUT2D eigenvalue weighted by Gasteiger charge is 2.31. The van der Waals surface area contributed by atoms with Crippen molar-refractivity contribution in [2.24, 2.45) is 23.7 Å². The van der Waals surface area contributed by atoms with Crippen molar-refractivity contribution in [2.45, 2.75) is 478 Å². The number of hydrogen-bond acceptors (Lipinski definition) is 15. The molecule has 0 rings (SSSR count). The third-order valence-electron chi connectivity index (χ3n) is 21.3. The van der Waals surface area contributed by atoms with Crippen LogP contribution in [0.5, 0.6) is 0 Å². The molecule has 19 heteroatoms. The molecule has 0 heterocycles. The van der Waals surface area contributed by atoms with Crippen molar-refractivity contribution >= 4 is 39.5 Å². The van der Waals surface area contributed by atoms with Crippen LogP contribution in [0.3, 0.4) is 0 Å². The average molecular weight is 1560 g/mol. The van der Waals surface area contributed by atoms with E-state index in [1.807, 2.05) is 0 Å². The Morgan fingerprint density at radius 3 is 0.664 bits per heavy atom. The number of phosphoric acid groups is 2. The van der Waals surface area contributed by atoms with Gasteiger partial charge >= 0.3 is 39.5 Å². The van der Waals surface area contributed by atoms with Crippen LogP contribution in [-0.4, -0.2) is 96.7 Å². The molecule has 0 amide bonds. The van der Waals surface area contributed by atoms with Crippen molar-refractivity contribution in [2.75, 3.05) is 39.6 Å². The lowest BCUT2D eigenvalue weighted by Crippen LogP contribution is -2.30. The van der Waals surface area contributed by atoms with Gasteiger partial charge < -0.3 is 33.8 Å². The molecule has 0 aliphatic carbocycles. The Morgan fingerprint density at radius 2 is 0.449 bits per heavy atom. The van der Waals surface area contributed by atoms with Crippen LogP contribution in [0.2, 0.25) is 0 Å². The fraction of sp³-hybridized carbons (Fsp3) is 0.955. The largest absolute Gasteiger partial charge is 0.472 e. The molecule has 107 heavy (non-hydrogen) atoms. The van der Waals surface area contributed by atoms with Gasteiger partial charge in [0.15, 0.2) is 12.2 Å². The van der Waals surface area contributed by atoms with Gasteiger partial charge in [-0.25, -0.2) is 9.13 Å². The van der Waals surface area contributed by atoms with E-state index in [1.54, 1.807) is 0 Å². The summed E-state index contributed by atoms with van der Waals surface area (Å²) in [6.07, 6.45) is 66.7. The van der Waals surface area contributed by atoms with Gasteiger partial charge in [-0.3, -0.25) is 37.3 Å². The molecule has 7 atom stereocenters. The van der Waals surface area contributed by atoms with Crippen molar-refractivity contribution in [1.29, 1.82) is 0 Å². The third-order valence-corrected chi connectivity index (χ3v) is 23.2. The minimum Gasteiger partial charge on any atom is -0.462 e. The van der Waals surface area contributed by atoms with Crippen LogP contribution in [0, 0.1) is 23.7 Å². The second-order valence-electron chi connectivity index (χ2n) is 33.1. The first-order chi connectivity index (χ1) is 51.7. The molecule has 0 bridgehead atoms. The van der Waals surface area contributed by atoms with E-state index in [-0.39, 0.29) is 25.7 Å². The highest BCUT2D eigenvalue weighted by Crippen LogP contribution is 2.45. The molecule has 17 nitrogen and oxygen atoms in total. The molecular weight excluding hydrogens is 1390 g/mol. The highest BCUT2D eigenvalue weighted by molar-refractivity contribution is 7.47. The van der Waals surface area contributed by atoms with Gasteiger partial charge in [0.2, 0.25) is 0 Å². The Kier molecular flexibility index (Phi) is 75.3. The Bertz CT molecular complexity index is 2080. The number of ether oxygens (including phenoxy) is 4. The van der Waals surface area contributed by atoms with Crippen LogP contribution in [0.4, 0.5) is 0 Å². The molecule has 636 valence electrons. The summed E-state index contributed by atoms with van der Waals surface area (Å²) in [4.78, 5) is 73.3. The minimum atomic E-state index is -4.97. The molecule has 0 aromatic heterocycles.